The molecule has 1 aromatic rings. The van der Waals surface area contributed by atoms with Gasteiger partial charge in [-0.05, 0) is 39.3 Å². The highest BCUT2D eigenvalue weighted by molar-refractivity contribution is 5.59. The van der Waals surface area contributed by atoms with E-state index in [-0.39, 0.29) is 16.7 Å². The Kier molecular flexibility index (Phi) is 5.09. The molecule has 1 N–H and O–H groups in total. The first-order valence-corrected chi connectivity index (χ1v) is 6.05. The number of nitro groups is 1. The Balaban J connectivity index is 2.84. The van der Waals surface area contributed by atoms with Crippen LogP contribution in [-0.4, -0.2) is 24.2 Å². The van der Waals surface area contributed by atoms with Crippen molar-refractivity contribution in [3.8, 4) is 0 Å². The molecule has 0 heterocycles. The van der Waals surface area contributed by atoms with Crippen molar-refractivity contribution in [3.63, 3.8) is 0 Å². The summed E-state index contributed by atoms with van der Waals surface area (Å²) in [5.41, 5.74) is 2.62. The van der Waals surface area contributed by atoms with E-state index in [4.69, 9.17) is 4.74 Å². The molecule has 0 saturated heterocycles. The van der Waals surface area contributed by atoms with Crippen LogP contribution in [0.4, 0.5) is 11.4 Å². The van der Waals surface area contributed by atoms with E-state index in [0.29, 0.717) is 18.8 Å². The van der Waals surface area contributed by atoms with Crippen LogP contribution in [0.2, 0.25) is 0 Å². The van der Waals surface area contributed by atoms with E-state index < -0.39 is 0 Å². The first-order valence-electron chi connectivity index (χ1n) is 6.05. The second kappa shape index (κ2) is 6.35. The van der Waals surface area contributed by atoms with Crippen LogP contribution in [0.3, 0.4) is 0 Å². The fraction of sp³-hybridized carbons (Fsp3) is 0.538. The van der Waals surface area contributed by atoms with Crippen LogP contribution in [0.15, 0.2) is 12.1 Å². The standard InChI is InChI=1S/C13H20N2O3/c1-5-18-8-11(4)14-12-6-10(3)13(15(16)17)7-9(12)2/h6-7,11,14H,5,8H2,1-4H3. The van der Waals surface area contributed by atoms with Gasteiger partial charge >= 0.3 is 0 Å². The normalized spacial score (nSPS) is 12.2. The molecular weight excluding hydrogens is 232 g/mol. The van der Waals surface area contributed by atoms with Gasteiger partial charge in [0.2, 0.25) is 0 Å². The van der Waals surface area contributed by atoms with Crippen LogP contribution in [0, 0.1) is 24.0 Å². The summed E-state index contributed by atoms with van der Waals surface area (Å²) < 4.78 is 5.33. The quantitative estimate of drug-likeness (QED) is 0.624. The van der Waals surface area contributed by atoms with Gasteiger partial charge in [-0.1, -0.05) is 0 Å². The van der Waals surface area contributed by atoms with E-state index in [1.54, 1.807) is 13.0 Å². The monoisotopic (exact) mass is 252 g/mol. The largest absolute Gasteiger partial charge is 0.380 e. The molecule has 0 bridgehead atoms. The third-order valence-corrected chi connectivity index (χ3v) is 2.71. The molecule has 0 spiro atoms. The lowest BCUT2D eigenvalue weighted by molar-refractivity contribution is -0.385. The van der Waals surface area contributed by atoms with Gasteiger partial charge in [0.25, 0.3) is 5.69 Å². The molecular formula is C13H20N2O3. The van der Waals surface area contributed by atoms with Crippen molar-refractivity contribution in [2.45, 2.75) is 33.7 Å². The van der Waals surface area contributed by atoms with Gasteiger partial charge < -0.3 is 10.1 Å². The second-order valence-electron chi connectivity index (χ2n) is 4.42. The van der Waals surface area contributed by atoms with E-state index in [1.807, 2.05) is 26.8 Å². The average molecular weight is 252 g/mol. The molecule has 1 atom stereocenters. The highest BCUT2D eigenvalue weighted by Gasteiger charge is 2.14. The van der Waals surface area contributed by atoms with Crippen LogP contribution in [-0.2, 0) is 4.74 Å². The van der Waals surface area contributed by atoms with Crippen LogP contribution in [0.25, 0.3) is 0 Å². The number of ether oxygens (including phenoxy) is 1. The smallest absolute Gasteiger partial charge is 0.272 e. The Morgan fingerprint density at radius 2 is 2.06 bits per heavy atom. The zero-order chi connectivity index (χ0) is 13.7. The molecule has 1 unspecified atom stereocenters. The molecule has 5 nitrogen and oxygen atoms in total. The lowest BCUT2D eigenvalue weighted by Crippen LogP contribution is -2.22. The van der Waals surface area contributed by atoms with Gasteiger partial charge in [0, 0.05) is 30.0 Å². The van der Waals surface area contributed by atoms with Crippen LogP contribution >= 0.6 is 0 Å². The topological polar surface area (TPSA) is 64.4 Å². The molecule has 0 aliphatic carbocycles. The highest BCUT2D eigenvalue weighted by Crippen LogP contribution is 2.26. The summed E-state index contributed by atoms with van der Waals surface area (Å²) in [7, 11) is 0. The van der Waals surface area contributed by atoms with Gasteiger partial charge in [-0.25, -0.2) is 0 Å². The third-order valence-electron chi connectivity index (χ3n) is 2.71. The lowest BCUT2D eigenvalue weighted by atomic mass is 10.1. The molecule has 0 radical (unpaired) electrons. The van der Waals surface area contributed by atoms with Gasteiger partial charge in [-0.2, -0.15) is 0 Å². The summed E-state index contributed by atoms with van der Waals surface area (Å²) in [5, 5.41) is 14.1. The van der Waals surface area contributed by atoms with Gasteiger partial charge in [0.05, 0.1) is 11.5 Å². The Morgan fingerprint density at radius 3 is 2.61 bits per heavy atom. The number of benzene rings is 1. The van der Waals surface area contributed by atoms with Crippen LogP contribution < -0.4 is 5.32 Å². The highest BCUT2D eigenvalue weighted by atomic mass is 16.6. The van der Waals surface area contributed by atoms with Gasteiger partial charge in [-0.3, -0.25) is 10.1 Å². The zero-order valence-electron chi connectivity index (χ0n) is 11.3. The van der Waals surface area contributed by atoms with E-state index in [0.717, 1.165) is 11.3 Å². The van der Waals surface area contributed by atoms with Crippen molar-refractivity contribution >= 4 is 11.4 Å². The van der Waals surface area contributed by atoms with Crippen molar-refractivity contribution in [3.05, 3.63) is 33.4 Å². The van der Waals surface area contributed by atoms with E-state index in [2.05, 4.69) is 5.32 Å². The summed E-state index contributed by atoms with van der Waals surface area (Å²) in [6, 6.07) is 3.59. The molecule has 5 heteroatoms. The van der Waals surface area contributed by atoms with Crippen molar-refractivity contribution in [1.29, 1.82) is 0 Å². The third kappa shape index (κ3) is 3.70. The lowest BCUT2D eigenvalue weighted by Gasteiger charge is -2.17. The van der Waals surface area contributed by atoms with E-state index in [1.165, 1.54) is 0 Å². The molecule has 0 aromatic heterocycles. The maximum atomic E-state index is 10.8. The summed E-state index contributed by atoms with van der Waals surface area (Å²) in [6.07, 6.45) is 0. The van der Waals surface area contributed by atoms with Crippen LogP contribution in [0.1, 0.15) is 25.0 Å². The molecule has 0 aliphatic rings. The molecule has 1 rings (SSSR count). The minimum atomic E-state index is -0.351. The van der Waals surface area contributed by atoms with Gasteiger partial charge in [0.15, 0.2) is 0 Å². The number of hydrogen-bond donors (Lipinski definition) is 1. The van der Waals surface area contributed by atoms with Gasteiger partial charge in [-0.15, -0.1) is 0 Å². The number of hydrogen-bond acceptors (Lipinski definition) is 4. The maximum absolute atomic E-state index is 10.8. The SMILES string of the molecule is CCOCC(C)Nc1cc(C)c([N+](=O)[O-])cc1C. The Labute approximate surface area is 107 Å². The minimum absolute atomic E-state index is 0.163. The summed E-state index contributed by atoms with van der Waals surface area (Å²) in [5.74, 6) is 0. The number of nitrogens with one attached hydrogen (secondary N) is 1. The predicted molar refractivity (Wildman–Crippen MR) is 72.1 cm³/mol. The minimum Gasteiger partial charge on any atom is -0.380 e. The number of nitro benzene ring substituents is 1. The summed E-state index contributed by atoms with van der Waals surface area (Å²) in [6.45, 7) is 8.88. The second-order valence-corrected chi connectivity index (χ2v) is 4.42. The zero-order valence-corrected chi connectivity index (χ0v) is 11.3. The molecule has 18 heavy (non-hydrogen) atoms. The van der Waals surface area contributed by atoms with Gasteiger partial charge in [0.1, 0.15) is 0 Å². The van der Waals surface area contributed by atoms with E-state index >= 15 is 0 Å². The maximum Gasteiger partial charge on any atom is 0.272 e. The molecule has 0 amide bonds. The first kappa shape index (κ1) is 14.4. The predicted octanol–water partition coefficient (Wildman–Crippen LogP) is 3.05. The Bertz CT molecular complexity index is 432. The molecule has 0 aliphatic heterocycles. The number of rotatable bonds is 6. The fourth-order valence-electron chi connectivity index (χ4n) is 1.75. The van der Waals surface area contributed by atoms with E-state index in [9.17, 15) is 10.1 Å². The first-order chi connectivity index (χ1) is 8.45. The summed E-state index contributed by atoms with van der Waals surface area (Å²) >= 11 is 0. The van der Waals surface area contributed by atoms with Crippen molar-refractivity contribution < 1.29 is 9.66 Å². The Hall–Kier alpha value is -1.62. The average Bonchev–Trinajstić information content (AvgIpc) is 2.30. The number of anilines is 1. The molecule has 100 valence electrons. The number of nitrogens with zero attached hydrogens (tertiary/aromatic N) is 1. The number of aryl methyl sites for hydroxylation is 2. The van der Waals surface area contributed by atoms with Crippen molar-refractivity contribution in [2.75, 3.05) is 18.5 Å². The fourth-order valence-corrected chi connectivity index (χ4v) is 1.75. The Morgan fingerprint density at radius 1 is 1.39 bits per heavy atom. The molecule has 0 fully saturated rings. The van der Waals surface area contributed by atoms with Crippen LogP contribution in [0.5, 0.6) is 0 Å². The van der Waals surface area contributed by atoms with Crippen molar-refractivity contribution in [1.82, 2.24) is 0 Å². The summed E-state index contributed by atoms with van der Waals surface area (Å²) in [4.78, 5) is 10.5. The van der Waals surface area contributed by atoms with Crippen molar-refractivity contribution in [2.24, 2.45) is 0 Å². The molecule has 1 aromatic carbocycles. The molecule has 0 saturated carbocycles.